The molecular formula is C15H22O2. The first kappa shape index (κ1) is 11.5. The maximum Gasteiger partial charge on any atom is 0.189 e. The van der Waals surface area contributed by atoms with E-state index in [-0.39, 0.29) is 5.41 Å². The second-order valence-corrected chi connectivity index (χ2v) is 6.43. The van der Waals surface area contributed by atoms with Crippen LogP contribution in [0.25, 0.3) is 0 Å². The van der Waals surface area contributed by atoms with Crippen molar-refractivity contribution in [3.8, 4) is 0 Å². The summed E-state index contributed by atoms with van der Waals surface area (Å²) in [4.78, 5) is 0. The largest absolute Gasteiger partial charge is 0.362 e. The molecule has 2 fully saturated rings. The molecule has 0 aromatic carbocycles. The molecule has 1 N–H and O–H groups in total. The van der Waals surface area contributed by atoms with Crippen LogP contribution in [0.15, 0.2) is 23.3 Å². The molecule has 0 aromatic rings. The zero-order chi connectivity index (χ0) is 12.3. The van der Waals surface area contributed by atoms with E-state index in [1.54, 1.807) is 0 Å². The van der Waals surface area contributed by atoms with Crippen LogP contribution in [0.1, 0.15) is 46.0 Å². The Morgan fingerprint density at radius 1 is 1.47 bits per heavy atom. The zero-order valence-corrected chi connectivity index (χ0v) is 10.9. The maximum atomic E-state index is 10.7. The number of hydrogen-bond donors (Lipinski definition) is 1. The summed E-state index contributed by atoms with van der Waals surface area (Å²) in [7, 11) is 0. The molecule has 0 unspecified atom stereocenters. The predicted molar refractivity (Wildman–Crippen MR) is 67.4 cm³/mol. The fourth-order valence-electron chi connectivity index (χ4n) is 4.14. The number of fused-ring (bicyclic) bond motifs is 2. The van der Waals surface area contributed by atoms with Gasteiger partial charge in [0.1, 0.15) is 0 Å². The normalized spacial score (nSPS) is 45.8. The van der Waals surface area contributed by atoms with Gasteiger partial charge < -0.3 is 9.84 Å². The van der Waals surface area contributed by atoms with Crippen LogP contribution in [0.3, 0.4) is 0 Å². The van der Waals surface area contributed by atoms with Crippen molar-refractivity contribution >= 4 is 0 Å². The van der Waals surface area contributed by atoms with E-state index in [1.165, 1.54) is 24.0 Å². The molecule has 1 aliphatic heterocycles. The van der Waals surface area contributed by atoms with Crippen LogP contribution in [0.2, 0.25) is 0 Å². The van der Waals surface area contributed by atoms with Crippen molar-refractivity contribution in [1.82, 2.24) is 0 Å². The summed E-state index contributed by atoms with van der Waals surface area (Å²) in [5.74, 6) is -0.421. The first-order chi connectivity index (χ1) is 7.95. The van der Waals surface area contributed by atoms with Crippen LogP contribution in [0.4, 0.5) is 0 Å². The van der Waals surface area contributed by atoms with Crippen molar-refractivity contribution in [2.75, 3.05) is 6.61 Å². The molecule has 2 nitrogen and oxygen atoms in total. The van der Waals surface area contributed by atoms with Crippen LogP contribution in [-0.2, 0) is 4.74 Å². The van der Waals surface area contributed by atoms with Crippen molar-refractivity contribution in [2.45, 2.75) is 51.7 Å². The van der Waals surface area contributed by atoms with Gasteiger partial charge in [0, 0.05) is 6.42 Å². The smallest absolute Gasteiger partial charge is 0.189 e. The van der Waals surface area contributed by atoms with Gasteiger partial charge in [0.15, 0.2) is 5.79 Å². The number of rotatable bonds is 0. The Bertz CT molecular complexity index is 409. The highest BCUT2D eigenvalue weighted by Crippen LogP contribution is 2.58. The Hall–Kier alpha value is -0.600. The summed E-state index contributed by atoms with van der Waals surface area (Å²) in [5, 5.41) is 10.7. The molecule has 0 bridgehead atoms. The molecule has 1 heterocycles. The second-order valence-electron chi connectivity index (χ2n) is 6.43. The lowest BCUT2D eigenvalue weighted by atomic mass is 9.56. The van der Waals surface area contributed by atoms with E-state index in [1.807, 2.05) is 0 Å². The summed E-state index contributed by atoms with van der Waals surface area (Å²) in [6.07, 6.45) is 5.26. The molecule has 3 aliphatic rings. The molecule has 2 aliphatic carbocycles. The summed E-state index contributed by atoms with van der Waals surface area (Å²) in [6.45, 7) is 9.24. The Morgan fingerprint density at radius 2 is 2.24 bits per heavy atom. The molecule has 2 saturated carbocycles. The van der Waals surface area contributed by atoms with Crippen LogP contribution >= 0.6 is 0 Å². The van der Waals surface area contributed by atoms with Crippen LogP contribution in [0, 0.1) is 11.3 Å². The van der Waals surface area contributed by atoms with Crippen molar-refractivity contribution in [3.05, 3.63) is 23.3 Å². The van der Waals surface area contributed by atoms with Gasteiger partial charge in [0.05, 0.1) is 6.61 Å². The highest BCUT2D eigenvalue weighted by molar-refractivity contribution is 5.32. The number of allylic oxidation sites excluding steroid dienone is 1. The Labute approximate surface area is 103 Å². The summed E-state index contributed by atoms with van der Waals surface area (Å²) in [5.41, 5.74) is 3.93. The third-order valence-electron chi connectivity index (χ3n) is 5.15. The predicted octanol–water partition coefficient (Wildman–Crippen LogP) is 3.18. The standard InChI is InChI=1S/C15H22O2/c1-10-5-4-6-14(3)9-15(16)13(7-12(10)14)11(2)8-17-15/h12,16H,1,4-9H2,2-3H3/t12-,14+,15-/m0/s1. The lowest BCUT2D eigenvalue weighted by molar-refractivity contribution is -0.196. The molecule has 0 radical (unpaired) electrons. The fourth-order valence-corrected chi connectivity index (χ4v) is 4.14. The SMILES string of the molecule is C=C1CCC[C@]2(C)C[C@]3(O)OCC(C)=C3C[C@@H]12. The van der Waals surface area contributed by atoms with Gasteiger partial charge in [0.25, 0.3) is 0 Å². The summed E-state index contributed by atoms with van der Waals surface area (Å²) in [6, 6.07) is 0. The monoisotopic (exact) mass is 234 g/mol. The van der Waals surface area contributed by atoms with E-state index in [9.17, 15) is 5.11 Å². The minimum Gasteiger partial charge on any atom is -0.362 e. The van der Waals surface area contributed by atoms with Gasteiger partial charge >= 0.3 is 0 Å². The highest BCUT2D eigenvalue weighted by atomic mass is 16.6. The van der Waals surface area contributed by atoms with E-state index in [0.29, 0.717) is 12.5 Å². The number of ether oxygens (including phenoxy) is 1. The van der Waals surface area contributed by atoms with Crippen molar-refractivity contribution in [1.29, 1.82) is 0 Å². The second kappa shape index (κ2) is 3.46. The van der Waals surface area contributed by atoms with Gasteiger partial charge in [-0.2, -0.15) is 0 Å². The fraction of sp³-hybridized carbons (Fsp3) is 0.733. The van der Waals surface area contributed by atoms with Crippen molar-refractivity contribution < 1.29 is 9.84 Å². The molecular weight excluding hydrogens is 212 g/mol. The molecule has 0 amide bonds. The van der Waals surface area contributed by atoms with E-state index in [2.05, 4.69) is 20.4 Å². The lowest BCUT2D eigenvalue weighted by Crippen LogP contribution is -2.48. The maximum absolute atomic E-state index is 10.7. The van der Waals surface area contributed by atoms with E-state index < -0.39 is 5.79 Å². The van der Waals surface area contributed by atoms with Crippen LogP contribution in [-0.4, -0.2) is 17.5 Å². The minimum atomic E-state index is -0.965. The zero-order valence-electron chi connectivity index (χ0n) is 10.9. The van der Waals surface area contributed by atoms with Gasteiger partial charge in [-0.3, -0.25) is 0 Å². The van der Waals surface area contributed by atoms with Crippen molar-refractivity contribution in [2.24, 2.45) is 11.3 Å². The topological polar surface area (TPSA) is 29.5 Å². The summed E-state index contributed by atoms with van der Waals surface area (Å²) < 4.78 is 5.66. The Balaban J connectivity index is 2.00. The molecule has 0 saturated heterocycles. The highest BCUT2D eigenvalue weighted by Gasteiger charge is 2.54. The molecule has 94 valence electrons. The van der Waals surface area contributed by atoms with E-state index in [4.69, 9.17) is 4.74 Å². The molecule has 3 rings (SSSR count). The molecule has 3 atom stereocenters. The minimum absolute atomic E-state index is 0.179. The van der Waals surface area contributed by atoms with Gasteiger partial charge in [0.2, 0.25) is 0 Å². The van der Waals surface area contributed by atoms with Gasteiger partial charge in [-0.25, -0.2) is 0 Å². The third kappa shape index (κ3) is 1.54. The van der Waals surface area contributed by atoms with Gasteiger partial charge in [-0.15, -0.1) is 0 Å². The third-order valence-corrected chi connectivity index (χ3v) is 5.15. The average molecular weight is 234 g/mol. The quantitative estimate of drug-likeness (QED) is 0.652. The van der Waals surface area contributed by atoms with Gasteiger partial charge in [-0.05, 0) is 55.1 Å². The summed E-state index contributed by atoms with van der Waals surface area (Å²) >= 11 is 0. The number of aliphatic hydroxyl groups is 1. The number of hydrogen-bond acceptors (Lipinski definition) is 2. The van der Waals surface area contributed by atoms with Gasteiger partial charge in [-0.1, -0.05) is 19.1 Å². The lowest BCUT2D eigenvalue weighted by Gasteiger charge is -2.51. The van der Waals surface area contributed by atoms with Crippen LogP contribution in [0.5, 0.6) is 0 Å². The average Bonchev–Trinajstić information content (AvgIpc) is 2.51. The molecule has 0 spiro atoms. The first-order valence-corrected chi connectivity index (χ1v) is 6.68. The molecule has 0 aromatic heterocycles. The Kier molecular flexibility index (Phi) is 2.34. The molecule has 2 heteroatoms. The molecule has 17 heavy (non-hydrogen) atoms. The van der Waals surface area contributed by atoms with E-state index in [0.717, 1.165) is 24.8 Å². The first-order valence-electron chi connectivity index (χ1n) is 6.68. The van der Waals surface area contributed by atoms with E-state index >= 15 is 0 Å². The van der Waals surface area contributed by atoms with Crippen LogP contribution < -0.4 is 0 Å². The Morgan fingerprint density at radius 3 is 3.00 bits per heavy atom. The van der Waals surface area contributed by atoms with Crippen molar-refractivity contribution in [3.63, 3.8) is 0 Å².